The Kier molecular flexibility index (Phi) is 3.44. The zero-order valence-electron chi connectivity index (χ0n) is 5.61. The fourth-order valence-corrected chi connectivity index (χ4v) is 0.442. The maximum atomic E-state index is 9.96. The Morgan fingerprint density at radius 1 is 1.80 bits per heavy atom. The number of hydrogen-bond donors (Lipinski definition) is 2. The second kappa shape index (κ2) is 3.85. The Bertz CT molecular complexity index is 161. The van der Waals surface area contributed by atoms with E-state index in [2.05, 4.69) is 0 Å². The first-order valence-corrected chi connectivity index (χ1v) is 2.87. The SMILES string of the molecule is CC(C#N)C(O)CC(=O)O. The maximum absolute atomic E-state index is 9.96. The molecule has 0 aliphatic heterocycles. The predicted octanol–water partition coefficient (Wildman–Crippen LogP) is -0.0183. The summed E-state index contributed by atoms with van der Waals surface area (Å²) >= 11 is 0. The molecule has 10 heavy (non-hydrogen) atoms. The molecule has 2 N–H and O–H groups in total. The molecule has 0 aliphatic carbocycles. The molecule has 0 aromatic heterocycles. The Balaban J connectivity index is 3.75. The fourth-order valence-electron chi connectivity index (χ4n) is 0.442. The molecule has 0 aliphatic rings. The summed E-state index contributed by atoms with van der Waals surface area (Å²) in [5.74, 6) is -1.70. The van der Waals surface area contributed by atoms with E-state index in [0.717, 1.165) is 0 Å². The van der Waals surface area contributed by atoms with Crippen LogP contribution in [0.2, 0.25) is 0 Å². The summed E-state index contributed by atoms with van der Waals surface area (Å²) in [5, 5.41) is 25.3. The summed E-state index contributed by atoms with van der Waals surface area (Å²) in [6.07, 6.45) is -1.42. The van der Waals surface area contributed by atoms with Gasteiger partial charge in [0, 0.05) is 0 Å². The van der Waals surface area contributed by atoms with Gasteiger partial charge in [0.1, 0.15) is 0 Å². The maximum Gasteiger partial charge on any atom is 0.306 e. The number of carboxylic acid groups (broad SMARTS) is 1. The van der Waals surface area contributed by atoms with Gasteiger partial charge in [-0.1, -0.05) is 0 Å². The molecule has 0 radical (unpaired) electrons. The number of aliphatic hydroxyl groups is 1. The first kappa shape index (κ1) is 8.92. The summed E-state index contributed by atoms with van der Waals surface area (Å²) in [7, 11) is 0. The van der Waals surface area contributed by atoms with E-state index in [4.69, 9.17) is 15.5 Å². The molecule has 0 saturated heterocycles. The number of carbonyl (C=O) groups is 1. The molecule has 0 amide bonds. The average Bonchev–Trinajstić information content (AvgIpc) is 1.85. The smallest absolute Gasteiger partial charge is 0.306 e. The Hall–Kier alpha value is -1.08. The summed E-state index contributed by atoms with van der Waals surface area (Å²) in [6, 6.07) is 1.76. The van der Waals surface area contributed by atoms with Gasteiger partial charge in [0.15, 0.2) is 0 Å². The molecule has 4 heteroatoms. The van der Waals surface area contributed by atoms with Crippen molar-refractivity contribution in [2.24, 2.45) is 5.92 Å². The number of aliphatic hydroxyl groups excluding tert-OH is 1. The molecule has 0 saturated carbocycles. The highest BCUT2D eigenvalue weighted by Gasteiger charge is 2.16. The van der Waals surface area contributed by atoms with Gasteiger partial charge in [0.05, 0.1) is 24.5 Å². The van der Waals surface area contributed by atoms with Crippen molar-refractivity contribution >= 4 is 5.97 Å². The van der Waals surface area contributed by atoms with Gasteiger partial charge in [-0.05, 0) is 6.92 Å². The standard InChI is InChI=1S/C6H9NO3/c1-4(3-7)5(8)2-6(9)10/h4-5,8H,2H2,1H3,(H,9,10). The van der Waals surface area contributed by atoms with E-state index in [0.29, 0.717) is 0 Å². The quantitative estimate of drug-likeness (QED) is 0.581. The van der Waals surface area contributed by atoms with E-state index < -0.39 is 18.0 Å². The number of carboxylic acids is 1. The van der Waals surface area contributed by atoms with Crippen molar-refractivity contribution in [3.05, 3.63) is 0 Å². The lowest BCUT2D eigenvalue weighted by atomic mass is 10.0. The zero-order valence-corrected chi connectivity index (χ0v) is 5.61. The fraction of sp³-hybridized carbons (Fsp3) is 0.667. The van der Waals surface area contributed by atoms with Crippen molar-refractivity contribution in [3.8, 4) is 6.07 Å². The summed E-state index contributed by atoms with van der Waals surface area (Å²) in [6.45, 7) is 1.48. The molecule has 56 valence electrons. The Labute approximate surface area is 58.7 Å². The van der Waals surface area contributed by atoms with Crippen molar-refractivity contribution in [1.29, 1.82) is 5.26 Å². The van der Waals surface area contributed by atoms with Crippen LogP contribution < -0.4 is 0 Å². The largest absolute Gasteiger partial charge is 0.481 e. The van der Waals surface area contributed by atoms with Gasteiger partial charge >= 0.3 is 5.97 Å². The molecule has 4 nitrogen and oxygen atoms in total. The number of rotatable bonds is 3. The monoisotopic (exact) mass is 143 g/mol. The van der Waals surface area contributed by atoms with Crippen LogP contribution in [0.5, 0.6) is 0 Å². The first-order valence-electron chi connectivity index (χ1n) is 2.87. The molecule has 0 aromatic carbocycles. The number of hydrogen-bond acceptors (Lipinski definition) is 3. The zero-order chi connectivity index (χ0) is 8.15. The lowest BCUT2D eigenvalue weighted by molar-refractivity contribution is -0.139. The van der Waals surface area contributed by atoms with Gasteiger partial charge in [-0.15, -0.1) is 0 Å². The summed E-state index contributed by atoms with van der Waals surface area (Å²) < 4.78 is 0. The van der Waals surface area contributed by atoms with Crippen LogP contribution in [0, 0.1) is 17.2 Å². The predicted molar refractivity (Wildman–Crippen MR) is 33.0 cm³/mol. The van der Waals surface area contributed by atoms with E-state index in [-0.39, 0.29) is 6.42 Å². The molecule has 2 atom stereocenters. The van der Waals surface area contributed by atoms with Crippen LogP contribution in [-0.2, 0) is 4.79 Å². The van der Waals surface area contributed by atoms with Gasteiger partial charge in [0.25, 0.3) is 0 Å². The van der Waals surface area contributed by atoms with Gasteiger partial charge in [-0.3, -0.25) is 4.79 Å². The number of nitriles is 1. The van der Waals surface area contributed by atoms with Crippen molar-refractivity contribution in [3.63, 3.8) is 0 Å². The minimum absolute atomic E-state index is 0.366. The number of nitrogens with zero attached hydrogens (tertiary/aromatic N) is 1. The Morgan fingerprint density at radius 3 is 2.60 bits per heavy atom. The molecule has 0 aromatic rings. The van der Waals surface area contributed by atoms with Crippen molar-refractivity contribution in [1.82, 2.24) is 0 Å². The number of aliphatic carboxylic acids is 1. The minimum Gasteiger partial charge on any atom is -0.481 e. The topological polar surface area (TPSA) is 81.3 Å². The molecule has 2 unspecified atom stereocenters. The second-order valence-electron chi connectivity index (χ2n) is 2.08. The summed E-state index contributed by atoms with van der Waals surface area (Å²) in [5.41, 5.74) is 0. The molecular weight excluding hydrogens is 134 g/mol. The van der Waals surface area contributed by atoms with Crippen LogP contribution in [0.25, 0.3) is 0 Å². The summed E-state index contributed by atoms with van der Waals surface area (Å²) in [4.78, 5) is 9.96. The molecule has 0 rings (SSSR count). The van der Waals surface area contributed by atoms with Crippen LogP contribution >= 0.6 is 0 Å². The van der Waals surface area contributed by atoms with E-state index in [1.54, 1.807) is 6.07 Å². The van der Waals surface area contributed by atoms with Crippen LogP contribution in [0.3, 0.4) is 0 Å². The molecular formula is C6H9NO3. The van der Waals surface area contributed by atoms with Crippen molar-refractivity contribution in [2.75, 3.05) is 0 Å². The van der Waals surface area contributed by atoms with Gasteiger partial charge in [-0.25, -0.2) is 0 Å². The van der Waals surface area contributed by atoms with E-state index in [1.807, 2.05) is 0 Å². The van der Waals surface area contributed by atoms with Crippen LogP contribution in [-0.4, -0.2) is 22.3 Å². The van der Waals surface area contributed by atoms with Crippen molar-refractivity contribution < 1.29 is 15.0 Å². The molecule has 0 fully saturated rings. The third-order valence-electron chi connectivity index (χ3n) is 1.16. The molecule has 0 bridgehead atoms. The van der Waals surface area contributed by atoms with Crippen LogP contribution in [0.1, 0.15) is 13.3 Å². The Morgan fingerprint density at radius 2 is 2.30 bits per heavy atom. The molecule has 0 spiro atoms. The van der Waals surface area contributed by atoms with Gasteiger partial charge in [0.2, 0.25) is 0 Å². The highest BCUT2D eigenvalue weighted by Crippen LogP contribution is 2.04. The lowest BCUT2D eigenvalue weighted by Crippen LogP contribution is -2.19. The third kappa shape index (κ3) is 3.05. The van der Waals surface area contributed by atoms with Crippen LogP contribution in [0.4, 0.5) is 0 Å². The normalized spacial score (nSPS) is 15.3. The van der Waals surface area contributed by atoms with Gasteiger partial charge in [-0.2, -0.15) is 5.26 Å². The van der Waals surface area contributed by atoms with E-state index >= 15 is 0 Å². The van der Waals surface area contributed by atoms with E-state index in [1.165, 1.54) is 6.92 Å². The average molecular weight is 143 g/mol. The highest BCUT2D eigenvalue weighted by atomic mass is 16.4. The molecule has 0 heterocycles. The van der Waals surface area contributed by atoms with Crippen LogP contribution in [0.15, 0.2) is 0 Å². The third-order valence-corrected chi connectivity index (χ3v) is 1.16. The first-order chi connectivity index (χ1) is 4.57. The van der Waals surface area contributed by atoms with Gasteiger partial charge < -0.3 is 10.2 Å². The lowest BCUT2D eigenvalue weighted by Gasteiger charge is -2.07. The minimum atomic E-state index is -1.09. The highest BCUT2D eigenvalue weighted by molar-refractivity contribution is 5.67. The second-order valence-corrected chi connectivity index (χ2v) is 2.08. The van der Waals surface area contributed by atoms with Crippen molar-refractivity contribution in [2.45, 2.75) is 19.4 Å². The van der Waals surface area contributed by atoms with E-state index in [9.17, 15) is 4.79 Å².